The van der Waals surface area contributed by atoms with Crippen LogP contribution in [0.1, 0.15) is 58.6 Å². The van der Waals surface area contributed by atoms with Crippen LogP contribution in [-0.4, -0.2) is 28.4 Å². The molecule has 2 aliphatic rings. The molecule has 0 radical (unpaired) electrons. The van der Waals surface area contributed by atoms with E-state index in [1.54, 1.807) is 12.3 Å². The number of hydrogen-bond donors (Lipinski definition) is 1. The van der Waals surface area contributed by atoms with Crippen molar-refractivity contribution in [3.8, 4) is 5.75 Å². The quantitative estimate of drug-likeness (QED) is 0.842. The first-order chi connectivity index (χ1) is 9.32. The van der Waals surface area contributed by atoms with Crippen molar-refractivity contribution in [3.05, 3.63) is 18.0 Å². The van der Waals surface area contributed by atoms with Gasteiger partial charge in [-0.05, 0) is 46.6 Å². The van der Waals surface area contributed by atoms with E-state index < -0.39 is 18.3 Å². The van der Waals surface area contributed by atoms with Gasteiger partial charge in [0, 0.05) is 17.6 Å². The molecule has 2 heterocycles. The first kappa shape index (κ1) is 13.9. The molecule has 3 rings (SSSR count). The van der Waals surface area contributed by atoms with Crippen molar-refractivity contribution in [1.29, 1.82) is 0 Å². The van der Waals surface area contributed by atoms with Gasteiger partial charge in [0.2, 0.25) is 0 Å². The molecule has 1 saturated carbocycles. The van der Waals surface area contributed by atoms with Crippen molar-refractivity contribution in [2.24, 2.45) is 0 Å². The van der Waals surface area contributed by atoms with Crippen LogP contribution >= 0.6 is 0 Å². The predicted molar refractivity (Wildman–Crippen MR) is 78.2 cm³/mol. The molecule has 108 valence electrons. The van der Waals surface area contributed by atoms with Gasteiger partial charge < -0.3 is 14.4 Å². The van der Waals surface area contributed by atoms with Crippen LogP contribution in [0.15, 0.2) is 12.3 Å². The average molecular weight is 275 g/mol. The number of aromatic hydroxyl groups is 1. The van der Waals surface area contributed by atoms with Crippen LogP contribution in [0.4, 0.5) is 0 Å². The molecule has 4 nitrogen and oxygen atoms in total. The molecule has 20 heavy (non-hydrogen) atoms. The monoisotopic (exact) mass is 275 g/mol. The molecule has 1 aromatic rings. The van der Waals surface area contributed by atoms with Gasteiger partial charge in [-0.2, -0.15) is 0 Å². The van der Waals surface area contributed by atoms with E-state index in [1.807, 2.05) is 27.7 Å². The largest absolute Gasteiger partial charge is 0.506 e. The fraction of sp³-hybridized carbons (Fsp3) is 0.667. The summed E-state index contributed by atoms with van der Waals surface area (Å²) in [6.07, 6.45) is 5.17. The van der Waals surface area contributed by atoms with Gasteiger partial charge in [0.15, 0.2) is 0 Å². The highest BCUT2D eigenvalue weighted by Gasteiger charge is 2.52. The first-order valence-corrected chi connectivity index (χ1v) is 7.35. The van der Waals surface area contributed by atoms with Gasteiger partial charge in [0.05, 0.1) is 16.9 Å². The highest BCUT2D eigenvalue weighted by molar-refractivity contribution is 6.63. The lowest BCUT2D eigenvalue weighted by molar-refractivity contribution is 0.00578. The van der Waals surface area contributed by atoms with E-state index in [4.69, 9.17) is 9.31 Å². The maximum absolute atomic E-state index is 10.5. The van der Waals surface area contributed by atoms with Gasteiger partial charge in [0.1, 0.15) is 5.75 Å². The lowest BCUT2D eigenvalue weighted by Gasteiger charge is -2.32. The number of aromatic nitrogens is 1. The second-order valence-corrected chi connectivity index (χ2v) is 6.85. The molecule has 1 aromatic heterocycles. The Morgan fingerprint density at radius 2 is 1.80 bits per heavy atom. The van der Waals surface area contributed by atoms with Crippen LogP contribution in [0.5, 0.6) is 5.75 Å². The Kier molecular flexibility index (Phi) is 3.10. The minimum atomic E-state index is -0.526. The second-order valence-electron chi connectivity index (χ2n) is 6.85. The third kappa shape index (κ3) is 2.04. The molecular weight excluding hydrogens is 253 g/mol. The molecule has 0 atom stereocenters. The predicted octanol–water partition coefficient (Wildman–Crippen LogP) is 2.35. The molecule has 5 heteroatoms. The Morgan fingerprint density at radius 1 is 1.20 bits per heavy atom. The summed E-state index contributed by atoms with van der Waals surface area (Å²) in [6.45, 7) is 8.05. The van der Waals surface area contributed by atoms with E-state index in [1.165, 1.54) is 6.42 Å². The molecule has 0 unspecified atom stereocenters. The van der Waals surface area contributed by atoms with Crippen LogP contribution < -0.4 is 5.46 Å². The van der Waals surface area contributed by atoms with Crippen molar-refractivity contribution in [2.45, 2.75) is 64.1 Å². The zero-order valence-electron chi connectivity index (χ0n) is 12.6. The Labute approximate surface area is 120 Å². The fourth-order valence-corrected chi connectivity index (χ4v) is 2.63. The van der Waals surface area contributed by atoms with Crippen LogP contribution in [0.25, 0.3) is 0 Å². The van der Waals surface area contributed by atoms with Gasteiger partial charge in [-0.3, -0.25) is 4.98 Å². The summed E-state index contributed by atoms with van der Waals surface area (Å²) in [5, 5.41) is 10.5. The molecule has 0 spiro atoms. The van der Waals surface area contributed by atoms with E-state index in [0.717, 1.165) is 18.5 Å². The van der Waals surface area contributed by atoms with Crippen molar-refractivity contribution in [1.82, 2.24) is 4.98 Å². The number of hydrogen-bond acceptors (Lipinski definition) is 4. The molecule has 2 fully saturated rings. The van der Waals surface area contributed by atoms with Crippen LogP contribution in [0.2, 0.25) is 0 Å². The zero-order valence-corrected chi connectivity index (χ0v) is 12.6. The maximum atomic E-state index is 10.5. The van der Waals surface area contributed by atoms with Gasteiger partial charge >= 0.3 is 7.12 Å². The third-order valence-corrected chi connectivity index (χ3v) is 4.98. The van der Waals surface area contributed by atoms with Gasteiger partial charge in [-0.1, -0.05) is 6.42 Å². The Balaban J connectivity index is 1.92. The Bertz CT molecular complexity index is 510. The van der Waals surface area contributed by atoms with E-state index in [0.29, 0.717) is 11.4 Å². The third-order valence-electron chi connectivity index (χ3n) is 4.98. The molecule has 1 aliphatic heterocycles. The highest BCUT2D eigenvalue weighted by Crippen LogP contribution is 2.40. The standard InChI is InChI=1S/C15H22BNO3/c1-14(2)15(3,4)20-16(19-14)11-8-9-17-12(13(11)18)10-6-5-7-10/h8-10,18H,5-7H2,1-4H3. The zero-order chi connectivity index (χ0) is 14.5. The molecule has 1 aliphatic carbocycles. The topological polar surface area (TPSA) is 51.6 Å². The van der Waals surface area contributed by atoms with Gasteiger partial charge in [-0.25, -0.2) is 0 Å². The van der Waals surface area contributed by atoms with Gasteiger partial charge in [0.25, 0.3) is 0 Å². The number of rotatable bonds is 2. The fourth-order valence-electron chi connectivity index (χ4n) is 2.63. The second kappa shape index (κ2) is 4.47. The minimum Gasteiger partial charge on any atom is -0.506 e. The number of nitrogens with zero attached hydrogens (tertiary/aromatic N) is 1. The smallest absolute Gasteiger partial charge is 0.498 e. The number of pyridine rings is 1. The summed E-state index contributed by atoms with van der Waals surface area (Å²) in [5.74, 6) is 0.632. The normalized spacial score (nSPS) is 24.7. The first-order valence-electron chi connectivity index (χ1n) is 7.35. The molecule has 0 aromatic carbocycles. The summed E-state index contributed by atoms with van der Waals surface area (Å²) in [5.41, 5.74) is 0.692. The molecule has 1 saturated heterocycles. The van der Waals surface area contributed by atoms with Crippen molar-refractivity contribution in [2.75, 3.05) is 0 Å². The SMILES string of the molecule is CC1(C)OB(c2ccnc(C3CCC3)c2O)OC1(C)C. The highest BCUT2D eigenvalue weighted by atomic mass is 16.7. The Hall–Kier alpha value is -1.07. The van der Waals surface area contributed by atoms with Gasteiger partial charge in [-0.15, -0.1) is 0 Å². The van der Waals surface area contributed by atoms with Crippen molar-refractivity contribution in [3.63, 3.8) is 0 Å². The van der Waals surface area contributed by atoms with Crippen LogP contribution in [0.3, 0.4) is 0 Å². The van der Waals surface area contributed by atoms with E-state index in [2.05, 4.69) is 4.98 Å². The molecular formula is C15H22BNO3. The van der Waals surface area contributed by atoms with Crippen molar-refractivity contribution < 1.29 is 14.4 Å². The summed E-state index contributed by atoms with van der Waals surface area (Å²) in [6, 6.07) is 1.79. The summed E-state index contributed by atoms with van der Waals surface area (Å²) in [7, 11) is -0.526. The van der Waals surface area contributed by atoms with Crippen LogP contribution in [-0.2, 0) is 9.31 Å². The van der Waals surface area contributed by atoms with E-state index in [-0.39, 0.29) is 5.75 Å². The maximum Gasteiger partial charge on any atom is 0.498 e. The summed E-state index contributed by atoms with van der Waals surface area (Å²) >= 11 is 0. The van der Waals surface area contributed by atoms with E-state index >= 15 is 0 Å². The molecule has 1 N–H and O–H groups in total. The lowest BCUT2D eigenvalue weighted by atomic mass is 9.75. The van der Waals surface area contributed by atoms with Crippen LogP contribution in [0, 0.1) is 0 Å². The van der Waals surface area contributed by atoms with E-state index in [9.17, 15) is 5.11 Å². The summed E-state index contributed by atoms with van der Waals surface area (Å²) < 4.78 is 12.0. The summed E-state index contributed by atoms with van der Waals surface area (Å²) in [4.78, 5) is 4.34. The molecule has 0 bridgehead atoms. The Morgan fingerprint density at radius 3 is 2.30 bits per heavy atom. The minimum absolute atomic E-state index is 0.246. The van der Waals surface area contributed by atoms with Crippen molar-refractivity contribution >= 4 is 12.6 Å². The lowest BCUT2D eigenvalue weighted by Crippen LogP contribution is -2.41. The average Bonchev–Trinajstić information content (AvgIpc) is 2.48. The molecule has 0 amide bonds.